The molecule has 3 aromatic rings. The molecule has 1 fully saturated rings. The van der Waals surface area contributed by atoms with Crippen LogP contribution in [0.1, 0.15) is 16.7 Å². The Morgan fingerprint density at radius 3 is 2.60 bits per heavy atom. The molecule has 0 amide bonds. The third kappa shape index (κ3) is 4.14. The van der Waals surface area contributed by atoms with Gasteiger partial charge in [-0.05, 0) is 36.8 Å². The molecular formula is C22H20F3NO4. The van der Waals surface area contributed by atoms with E-state index < -0.39 is 11.7 Å². The van der Waals surface area contributed by atoms with Crippen LogP contribution in [0.15, 0.2) is 51.7 Å². The zero-order valence-electron chi connectivity index (χ0n) is 16.3. The molecule has 0 unspecified atom stereocenters. The fourth-order valence-electron chi connectivity index (χ4n) is 3.42. The first-order valence-corrected chi connectivity index (χ1v) is 9.52. The van der Waals surface area contributed by atoms with E-state index in [1.807, 2.05) is 4.90 Å². The number of halogens is 3. The Kier molecular flexibility index (Phi) is 5.42. The SMILES string of the molecule is Cc1c(OCc2cccc(C(F)(F)F)c2)ccc2c(=O)cc(N3CCOCC3)oc12. The number of benzene rings is 2. The lowest BCUT2D eigenvalue weighted by Gasteiger charge is -2.27. The Morgan fingerprint density at radius 2 is 1.87 bits per heavy atom. The number of morpholine rings is 1. The van der Waals surface area contributed by atoms with Crippen LogP contribution in [-0.2, 0) is 17.5 Å². The minimum absolute atomic E-state index is 0.0380. The Hall–Kier alpha value is -3.00. The van der Waals surface area contributed by atoms with E-state index in [0.717, 1.165) is 12.1 Å². The zero-order valence-corrected chi connectivity index (χ0v) is 16.3. The van der Waals surface area contributed by atoms with E-state index in [1.165, 1.54) is 12.1 Å². The van der Waals surface area contributed by atoms with Gasteiger partial charge in [-0.15, -0.1) is 0 Å². The molecule has 5 nitrogen and oxygen atoms in total. The van der Waals surface area contributed by atoms with Gasteiger partial charge in [-0.1, -0.05) is 12.1 Å². The predicted octanol–water partition coefficient (Wildman–Crippen LogP) is 4.54. The van der Waals surface area contributed by atoms with E-state index in [-0.39, 0.29) is 12.0 Å². The molecule has 1 aliphatic heterocycles. The van der Waals surface area contributed by atoms with Gasteiger partial charge in [0, 0.05) is 24.7 Å². The third-order valence-corrected chi connectivity index (χ3v) is 5.05. The van der Waals surface area contributed by atoms with Crippen molar-refractivity contribution < 1.29 is 27.1 Å². The lowest BCUT2D eigenvalue weighted by atomic mass is 10.1. The molecule has 0 spiro atoms. The Labute approximate surface area is 170 Å². The second kappa shape index (κ2) is 8.02. The summed E-state index contributed by atoms with van der Waals surface area (Å²) in [5.41, 5.74) is 0.537. The first-order valence-electron chi connectivity index (χ1n) is 9.52. The van der Waals surface area contributed by atoms with Gasteiger partial charge in [0.1, 0.15) is 17.9 Å². The summed E-state index contributed by atoms with van der Waals surface area (Å²) >= 11 is 0. The van der Waals surface area contributed by atoms with Gasteiger partial charge in [-0.3, -0.25) is 4.79 Å². The molecule has 1 aromatic heterocycles. The first-order chi connectivity index (χ1) is 14.3. The molecule has 30 heavy (non-hydrogen) atoms. The number of rotatable bonds is 4. The topological polar surface area (TPSA) is 51.9 Å². The number of anilines is 1. The third-order valence-electron chi connectivity index (χ3n) is 5.05. The molecule has 2 aromatic carbocycles. The van der Waals surface area contributed by atoms with Gasteiger partial charge in [-0.2, -0.15) is 13.2 Å². The van der Waals surface area contributed by atoms with Gasteiger partial charge < -0.3 is 18.8 Å². The van der Waals surface area contributed by atoms with Gasteiger partial charge >= 0.3 is 6.18 Å². The van der Waals surface area contributed by atoms with Crippen LogP contribution in [-0.4, -0.2) is 26.3 Å². The molecule has 2 heterocycles. The quantitative estimate of drug-likeness (QED) is 0.622. The molecule has 0 radical (unpaired) electrons. The molecule has 1 aliphatic rings. The van der Waals surface area contributed by atoms with Gasteiger partial charge in [0.05, 0.1) is 24.2 Å². The van der Waals surface area contributed by atoms with Crippen LogP contribution < -0.4 is 15.1 Å². The van der Waals surface area contributed by atoms with E-state index in [9.17, 15) is 18.0 Å². The minimum Gasteiger partial charge on any atom is -0.488 e. The van der Waals surface area contributed by atoms with Crippen molar-refractivity contribution in [3.05, 3.63) is 69.4 Å². The smallest absolute Gasteiger partial charge is 0.416 e. The summed E-state index contributed by atoms with van der Waals surface area (Å²) in [5.74, 6) is 0.913. The van der Waals surface area contributed by atoms with Crippen molar-refractivity contribution in [3.63, 3.8) is 0 Å². The largest absolute Gasteiger partial charge is 0.488 e. The molecule has 0 saturated carbocycles. The van der Waals surface area contributed by atoms with Crippen LogP contribution in [0.4, 0.5) is 19.1 Å². The second-order valence-corrected chi connectivity index (χ2v) is 7.10. The number of fused-ring (bicyclic) bond motifs is 1. The van der Waals surface area contributed by atoms with Crippen LogP contribution in [0.3, 0.4) is 0 Å². The van der Waals surface area contributed by atoms with Gasteiger partial charge in [0.2, 0.25) is 0 Å². The molecule has 0 atom stereocenters. The lowest BCUT2D eigenvalue weighted by Crippen LogP contribution is -2.36. The van der Waals surface area contributed by atoms with Gasteiger partial charge in [0.25, 0.3) is 0 Å². The van der Waals surface area contributed by atoms with Crippen molar-refractivity contribution in [1.29, 1.82) is 0 Å². The summed E-state index contributed by atoms with van der Waals surface area (Å²) in [7, 11) is 0. The number of hydrogen-bond acceptors (Lipinski definition) is 5. The fraction of sp³-hybridized carbons (Fsp3) is 0.318. The maximum Gasteiger partial charge on any atom is 0.416 e. The van der Waals surface area contributed by atoms with E-state index in [4.69, 9.17) is 13.9 Å². The van der Waals surface area contributed by atoms with Gasteiger partial charge in [-0.25, -0.2) is 0 Å². The Bertz CT molecular complexity index is 1120. The molecule has 0 aliphatic carbocycles. The highest BCUT2D eigenvalue weighted by Crippen LogP contribution is 2.31. The number of alkyl halides is 3. The Balaban J connectivity index is 1.62. The van der Waals surface area contributed by atoms with E-state index in [1.54, 1.807) is 25.1 Å². The number of aryl methyl sites for hydroxylation is 1. The summed E-state index contributed by atoms with van der Waals surface area (Å²) in [6.45, 7) is 4.08. The number of hydrogen-bond donors (Lipinski definition) is 0. The summed E-state index contributed by atoms with van der Waals surface area (Å²) in [4.78, 5) is 14.5. The van der Waals surface area contributed by atoms with Crippen LogP contribution in [0.5, 0.6) is 5.75 Å². The summed E-state index contributed by atoms with van der Waals surface area (Å²) in [6.07, 6.45) is -4.41. The maximum absolute atomic E-state index is 12.9. The molecule has 158 valence electrons. The van der Waals surface area contributed by atoms with Crippen molar-refractivity contribution in [3.8, 4) is 5.75 Å². The average molecular weight is 419 g/mol. The highest BCUT2D eigenvalue weighted by molar-refractivity contribution is 5.82. The van der Waals surface area contributed by atoms with Crippen LogP contribution in [0.2, 0.25) is 0 Å². The molecular weight excluding hydrogens is 399 g/mol. The Morgan fingerprint density at radius 1 is 1.10 bits per heavy atom. The highest BCUT2D eigenvalue weighted by Gasteiger charge is 2.30. The summed E-state index contributed by atoms with van der Waals surface area (Å²) < 4.78 is 55.8. The number of ether oxygens (including phenoxy) is 2. The molecule has 0 bridgehead atoms. The van der Waals surface area contributed by atoms with E-state index in [0.29, 0.717) is 60.0 Å². The zero-order chi connectivity index (χ0) is 21.3. The normalized spacial score (nSPS) is 14.9. The van der Waals surface area contributed by atoms with Crippen LogP contribution in [0.25, 0.3) is 11.0 Å². The van der Waals surface area contributed by atoms with E-state index in [2.05, 4.69) is 0 Å². The van der Waals surface area contributed by atoms with Crippen molar-refractivity contribution in [2.24, 2.45) is 0 Å². The highest BCUT2D eigenvalue weighted by atomic mass is 19.4. The monoisotopic (exact) mass is 419 g/mol. The predicted molar refractivity (Wildman–Crippen MR) is 106 cm³/mol. The minimum atomic E-state index is -4.41. The standard InChI is InChI=1S/C22H20F3NO4/c1-14-19(29-13-15-3-2-4-16(11-15)22(23,24)25)6-5-17-18(27)12-20(30-21(14)17)26-7-9-28-10-8-26/h2-6,11-12H,7-10,13H2,1H3. The molecule has 8 heteroatoms. The van der Waals surface area contributed by atoms with Crippen LogP contribution >= 0.6 is 0 Å². The molecule has 1 saturated heterocycles. The van der Waals surface area contributed by atoms with Crippen molar-refractivity contribution >= 4 is 16.9 Å². The first kappa shape index (κ1) is 20.3. The van der Waals surface area contributed by atoms with Crippen molar-refractivity contribution in [2.45, 2.75) is 19.7 Å². The fourth-order valence-corrected chi connectivity index (χ4v) is 3.42. The maximum atomic E-state index is 12.9. The van der Waals surface area contributed by atoms with Crippen LogP contribution in [0, 0.1) is 6.92 Å². The van der Waals surface area contributed by atoms with E-state index >= 15 is 0 Å². The number of nitrogens with zero attached hydrogens (tertiary/aromatic N) is 1. The molecule has 4 rings (SSSR count). The van der Waals surface area contributed by atoms with Crippen molar-refractivity contribution in [2.75, 3.05) is 31.2 Å². The second-order valence-electron chi connectivity index (χ2n) is 7.10. The summed E-state index contributed by atoms with van der Waals surface area (Å²) in [5, 5.41) is 0.427. The van der Waals surface area contributed by atoms with Crippen molar-refractivity contribution in [1.82, 2.24) is 0 Å². The summed E-state index contributed by atoms with van der Waals surface area (Å²) in [6, 6.07) is 9.72. The average Bonchev–Trinajstić information content (AvgIpc) is 2.74. The molecule has 0 N–H and O–H groups in total. The van der Waals surface area contributed by atoms with Gasteiger partial charge in [0.15, 0.2) is 11.3 Å². The lowest BCUT2D eigenvalue weighted by molar-refractivity contribution is -0.137.